The molecule has 2 aromatic rings. The van der Waals surface area contributed by atoms with Gasteiger partial charge in [0.1, 0.15) is 6.54 Å². The molecule has 0 aliphatic carbocycles. The fourth-order valence-corrected chi connectivity index (χ4v) is 4.09. The first-order valence-corrected chi connectivity index (χ1v) is 9.29. The molecule has 2 aliphatic rings. The molecule has 3 heterocycles. The Bertz CT molecular complexity index is 905. The van der Waals surface area contributed by atoms with Gasteiger partial charge in [0.15, 0.2) is 0 Å². The van der Waals surface area contributed by atoms with Gasteiger partial charge >= 0.3 is 0 Å². The second kappa shape index (κ2) is 6.94. The molecule has 6 heteroatoms. The van der Waals surface area contributed by atoms with Gasteiger partial charge in [0.2, 0.25) is 11.8 Å². The fourth-order valence-electron chi connectivity index (χ4n) is 4.09. The van der Waals surface area contributed by atoms with Gasteiger partial charge in [-0.1, -0.05) is 18.2 Å². The Kier molecular flexibility index (Phi) is 4.49. The number of carbonyl (C=O) groups is 2. The summed E-state index contributed by atoms with van der Waals surface area (Å²) in [4.78, 5) is 41.1. The van der Waals surface area contributed by atoms with Gasteiger partial charge in [-0.2, -0.15) is 0 Å². The number of piperidine rings is 1. The minimum atomic E-state index is -0.139. The first-order chi connectivity index (χ1) is 12.6. The zero-order valence-electron chi connectivity index (χ0n) is 14.8. The molecule has 6 nitrogen and oxygen atoms in total. The normalized spacial score (nSPS) is 20.8. The number of hydrogen-bond donors (Lipinski definition) is 0. The molecule has 136 valence electrons. The van der Waals surface area contributed by atoms with E-state index in [9.17, 15) is 14.4 Å². The molecular formula is C20H23N3O3. The summed E-state index contributed by atoms with van der Waals surface area (Å²) in [6, 6.07) is 9.39. The quantitative estimate of drug-likeness (QED) is 0.842. The number of nitrogens with zero attached hydrogens (tertiary/aromatic N) is 3. The molecule has 2 fully saturated rings. The second-order valence-corrected chi connectivity index (χ2v) is 7.16. The highest BCUT2D eigenvalue weighted by Gasteiger charge is 2.32. The third-order valence-electron chi connectivity index (χ3n) is 5.49. The average molecular weight is 353 g/mol. The SMILES string of the molecule is O=C(Cn1ccc2ccccc2c1=O)N1CCCC(N2CCCC2=O)C1. The van der Waals surface area contributed by atoms with Gasteiger partial charge in [-0.25, -0.2) is 0 Å². The van der Waals surface area contributed by atoms with Crippen LogP contribution in [0.1, 0.15) is 25.7 Å². The van der Waals surface area contributed by atoms with Crippen LogP contribution in [0.15, 0.2) is 41.3 Å². The number of benzene rings is 1. The Morgan fingerprint density at radius 3 is 2.73 bits per heavy atom. The first kappa shape index (κ1) is 16.8. The minimum absolute atomic E-state index is 0.0460. The summed E-state index contributed by atoms with van der Waals surface area (Å²) in [6.07, 6.45) is 5.07. The molecule has 0 saturated carbocycles. The summed E-state index contributed by atoms with van der Waals surface area (Å²) >= 11 is 0. The van der Waals surface area contributed by atoms with Crippen LogP contribution in [0.25, 0.3) is 10.8 Å². The monoisotopic (exact) mass is 353 g/mol. The van der Waals surface area contributed by atoms with Crippen LogP contribution in [0.4, 0.5) is 0 Å². The number of amides is 2. The van der Waals surface area contributed by atoms with E-state index in [4.69, 9.17) is 0 Å². The zero-order valence-corrected chi connectivity index (χ0v) is 14.8. The van der Waals surface area contributed by atoms with Crippen LogP contribution in [0, 0.1) is 0 Å². The van der Waals surface area contributed by atoms with E-state index in [1.54, 1.807) is 17.2 Å². The summed E-state index contributed by atoms with van der Waals surface area (Å²) in [6.45, 7) is 2.12. The van der Waals surface area contributed by atoms with Crippen LogP contribution in [0.5, 0.6) is 0 Å². The summed E-state index contributed by atoms with van der Waals surface area (Å²) in [5, 5.41) is 1.51. The number of likely N-dealkylation sites (tertiary alicyclic amines) is 2. The molecule has 4 rings (SSSR count). The van der Waals surface area contributed by atoms with Crippen molar-refractivity contribution in [2.75, 3.05) is 19.6 Å². The summed E-state index contributed by atoms with van der Waals surface area (Å²) in [5.74, 6) is 0.147. The number of rotatable bonds is 3. The predicted molar refractivity (Wildman–Crippen MR) is 98.8 cm³/mol. The molecule has 0 radical (unpaired) electrons. The molecule has 0 bridgehead atoms. The number of fused-ring (bicyclic) bond motifs is 1. The highest BCUT2D eigenvalue weighted by atomic mass is 16.2. The Morgan fingerprint density at radius 1 is 1.08 bits per heavy atom. The lowest BCUT2D eigenvalue weighted by Crippen LogP contribution is -2.51. The molecule has 1 aromatic carbocycles. The molecule has 0 spiro atoms. The fraction of sp³-hybridized carbons (Fsp3) is 0.450. The highest BCUT2D eigenvalue weighted by molar-refractivity contribution is 5.82. The van der Waals surface area contributed by atoms with Crippen LogP contribution in [-0.2, 0) is 16.1 Å². The number of hydrogen-bond acceptors (Lipinski definition) is 3. The van der Waals surface area contributed by atoms with Gasteiger partial charge < -0.3 is 14.4 Å². The maximum atomic E-state index is 12.8. The first-order valence-electron chi connectivity index (χ1n) is 9.29. The summed E-state index contributed by atoms with van der Waals surface area (Å²) < 4.78 is 1.48. The second-order valence-electron chi connectivity index (χ2n) is 7.16. The van der Waals surface area contributed by atoms with E-state index in [2.05, 4.69) is 0 Å². The van der Waals surface area contributed by atoms with E-state index in [0.29, 0.717) is 24.9 Å². The molecule has 2 amide bonds. The lowest BCUT2D eigenvalue weighted by molar-refractivity contribution is -0.137. The molecular weight excluding hydrogens is 330 g/mol. The van der Waals surface area contributed by atoms with Gasteiger partial charge in [-0.05, 0) is 36.8 Å². The van der Waals surface area contributed by atoms with Crippen molar-refractivity contribution in [2.24, 2.45) is 0 Å². The van der Waals surface area contributed by atoms with Gasteiger partial charge in [-0.15, -0.1) is 0 Å². The van der Waals surface area contributed by atoms with Crippen molar-refractivity contribution in [3.63, 3.8) is 0 Å². The highest BCUT2D eigenvalue weighted by Crippen LogP contribution is 2.21. The van der Waals surface area contributed by atoms with E-state index in [0.717, 1.165) is 31.2 Å². The summed E-state index contributed by atoms with van der Waals surface area (Å²) in [5.41, 5.74) is -0.139. The van der Waals surface area contributed by atoms with E-state index < -0.39 is 0 Å². The Hall–Kier alpha value is -2.63. The van der Waals surface area contributed by atoms with Crippen LogP contribution in [-0.4, -0.2) is 51.9 Å². The number of pyridine rings is 1. The van der Waals surface area contributed by atoms with Gasteiger partial charge in [-0.3, -0.25) is 14.4 Å². The standard InChI is InChI=1S/C20H23N3O3/c24-18-8-4-11-23(18)16-6-3-10-21(13-16)19(25)14-22-12-9-15-5-1-2-7-17(15)20(22)26/h1-2,5,7,9,12,16H,3-4,6,8,10-11,13-14H2. The van der Waals surface area contributed by atoms with E-state index in [1.807, 2.05) is 29.2 Å². The van der Waals surface area contributed by atoms with Crippen LogP contribution >= 0.6 is 0 Å². The molecule has 2 aliphatic heterocycles. The van der Waals surface area contributed by atoms with E-state index in [-0.39, 0.29) is 30.0 Å². The van der Waals surface area contributed by atoms with Crippen molar-refractivity contribution >= 4 is 22.6 Å². The molecule has 1 aromatic heterocycles. The van der Waals surface area contributed by atoms with Crippen molar-refractivity contribution < 1.29 is 9.59 Å². The Balaban J connectivity index is 1.48. The smallest absolute Gasteiger partial charge is 0.258 e. The molecule has 2 saturated heterocycles. The molecule has 26 heavy (non-hydrogen) atoms. The predicted octanol–water partition coefficient (Wildman–Crippen LogP) is 1.61. The van der Waals surface area contributed by atoms with E-state index >= 15 is 0 Å². The number of carbonyl (C=O) groups excluding carboxylic acids is 2. The Labute approximate surface area is 152 Å². The molecule has 1 atom stereocenters. The third kappa shape index (κ3) is 3.11. The lowest BCUT2D eigenvalue weighted by atomic mass is 10.0. The van der Waals surface area contributed by atoms with Crippen LogP contribution in [0.2, 0.25) is 0 Å². The van der Waals surface area contributed by atoms with Gasteiger partial charge in [0, 0.05) is 43.7 Å². The van der Waals surface area contributed by atoms with E-state index in [1.165, 1.54) is 4.57 Å². The molecule has 1 unspecified atom stereocenters. The zero-order chi connectivity index (χ0) is 18.1. The van der Waals surface area contributed by atoms with Gasteiger partial charge in [0.25, 0.3) is 5.56 Å². The lowest BCUT2D eigenvalue weighted by Gasteiger charge is -2.37. The maximum absolute atomic E-state index is 12.8. The maximum Gasteiger partial charge on any atom is 0.258 e. The molecule has 0 N–H and O–H groups in total. The van der Waals surface area contributed by atoms with Crippen molar-refractivity contribution in [1.82, 2.24) is 14.4 Å². The average Bonchev–Trinajstić information content (AvgIpc) is 3.10. The minimum Gasteiger partial charge on any atom is -0.339 e. The largest absolute Gasteiger partial charge is 0.339 e. The van der Waals surface area contributed by atoms with Crippen molar-refractivity contribution in [1.29, 1.82) is 0 Å². The van der Waals surface area contributed by atoms with Gasteiger partial charge in [0.05, 0.1) is 0 Å². The summed E-state index contributed by atoms with van der Waals surface area (Å²) in [7, 11) is 0. The topological polar surface area (TPSA) is 62.6 Å². The van der Waals surface area contributed by atoms with Crippen LogP contribution < -0.4 is 5.56 Å². The Morgan fingerprint density at radius 2 is 1.92 bits per heavy atom. The van der Waals surface area contributed by atoms with Crippen molar-refractivity contribution in [2.45, 2.75) is 38.3 Å². The van der Waals surface area contributed by atoms with Crippen molar-refractivity contribution in [3.05, 3.63) is 46.9 Å². The number of aromatic nitrogens is 1. The van der Waals surface area contributed by atoms with Crippen LogP contribution in [0.3, 0.4) is 0 Å². The third-order valence-corrected chi connectivity index (χ3v) is 5.49. The van der Waals surface area contributed by atoms with Crippen molar-refractivity contribution in [3.8, 4) is 0 Å².